The molecule has 2 rings (SSSR count). The third-order valence-corrected chi connectivity index (χ3v) is 4.27. The van der Waals surface area contributed by atoms with Crippen LogP contribution in [0.1, 0.15) is 31.8 Å². The lowest BCUT2D eigenvalue weighted by atomic mass is 10.1. The first-order valence-corrected chi connectivity index (χ1v) is 7.59. The molecule has 0 fully saturated rings. The van der Waals surface area contributed by atoms with E-state index in [1.165, 1.54) is 11.6 Å². The lowest BCUT2D eigenvalue weighted by Gasteiger charge is -2.20. The first-order valence-electron chi connectivity index (χ1n) is 6.78. The highest BCUT2D eigenvalue weighted by molar-refractivity contribution is 7.15. The lowest BCUT2D eigenvalue weighted by Crippen LogP contribution is -2.32. The molecule has 2 aromatic rings. The van der Waals surface area contributed by atoms with Crippen LogP contribution in [0.25, 0.3) is 0 Å². The summed E-state index contributed by atoms with van der Waals surface area (Å²) in [6, 6.07) is 13.0. The molecule has 0 aliphatic carbocycles. The average molecular weight is 303 g/mol. The summed E-state index contributed by atoms with van der Waals surface area (Å²) < 4.78 is 0. The van der Waals surface area contributed by atoms with Crippen LogP contribution < -0.4 is 0 Å². The molecular weight excluding hydrogens is 286 g/mol. The molecule has 1 aromatic carbocycles. The van der Waals surface area contributed by atoms with Gasteiger partial charge in [0.2, 0.25) is 0 Å². The van der Waals surface area contributed by atoms with Crippen LogP contribution in [0.15, 0.2) is 42.5 Å². The van der Waals surface area contributed by atoms with Gasteiger partial charge in [-0.1, -0.05) is 30.3 Å². The van der Waals surface area contributed by atoms with Crippen LogP contribution in [0.2, 0.25) is 0 Å². The monoisotopic (exact) mass is 303 g/mol. The molecule has 21 heavy (non-hydrogen) atoms. The number of aromatic carboxylic acids is 1. The Hall–Kier alpha value is -2.14. The van der Waals surface area contributed by atoms with Crippen LogP contribution in [0.4, 0.5) is 0 Å². The van der Waals surface area contributed by atoms with Crippen LogP contribution in [-0.4, -0.2) is 35.0 Å². The van der Waals surface area contributed by atoms with Crippen molar-refractivity contribution in [2.24, 2.45) is 0 Å². The molecule has 1 heterocycles. The standard InChI is InChI=1S/C16H17NO3S/c1-2-17(11-10-12-6-4-3-5-7-12)15(18)13-8-9-14(21-13)16(19)20/h3-9H,2,10-11H2,1H3,(H,19,20). The van der Waals surface area contributed by atoms with Gasteiger partial charge in [0.25, 0.3) is 5.91 Å². The number of carbonyl (C=O) groups excluding carboxylic acids is 1. The number of carboxylic acids is 1. The molecule has 0 saturated carbocycles. The number of carbonyl (C=O) groups is 2. The van der Waals surface area contributed by atoms with Gasteiger partial charge in [-0.05, 0) is 31.0 Å². The second kappa shape index (κ2) is 7.04. The maximum atomic E-state index is 12.4. The summed E-state index contributed by atoms with van der Waals surface area (Å²) in [4.78, 5) is 25.7. The molecule has 0 aliphatic rings. The van der Waals surface area contributed by atoms with Gasteiger partial charge in [-0.15, -0.1) is 11.3 Å². The van der Waals surface area contributed by atoms with Crippen molar-refractivity contribution in [1.29, 1.82) is 0 Å². The Morgan fingerprint density at radius 2 is 1.76 bits per heavy atom. The highest BCUT2D eigenvalue weighted by Crippen LogP contribution is 2.18. The number of thiophene rings is 1. The molecule has 1 amide bonds. The van der Waals surface area contributed by atoms with Gasteiger partial charge in [0.15, 0.2) is 0 Å². The van der Waals surface area contributed by atoms with Gasteiger partial charge in [0.1, 0.15) is 4.88 Å². The summed E-state index contributed by atoms with van der Waals surface area (Å²) in [5, 5.41) is 8.91. The van der Waals surface area contributed by atoms with E-state index in [1.54, 1.807) is 11.0 Å². The zero-order valence-corrected chi connectivity index (χ0v) is 12.6. The number of carboxylic acid groups (broad SMARTS) is 1. The van der Waals surface area contributed by atoms with Gasteiger partial charge >= 0.3 is 5.97 Å². The largest absolute Gasteiger partial charge is 0.477 e. The molecule has 0 bridgehead atoms. The topological polar surface area (TPSA) is 57.6 Å². The van der Waals surface area contributed by atoms with E-state index in [0.717, 1.165) is 17.8 Å². The molecule has 0 spiro atoms. The Balaban J connectivity index is 2.02. The second-order valence-corrected chi connectivity index (χ2v) is 5.67. The Kier molecular flexibility index (Phi) is 5.11. The van der Waals surface area contributed by atoms with E-state index < -0.39 is 5.97 Å². The fraction of sp³-hybridized carbons (Fsp3) is 0.250. The zero-order valence-electron chi connectivity index (χ0n) is 11.8. The summed E-state index contributed by atoms with van der Waals surface area (Å²) in [5.74, 6) is -1.10. The number of rotatable bonds is 6. The van der Waals surface area contributed by atoms with E-state index in [1.807, 2.05) is 37.3 Å². The fourth-order valence-electron chi connectivity index (χ4n) is 2.04. The quantitative estimate of drug-likeness (QED) is 0.892. The van der Waals surface area contributed by atoms with Crippen LogP contribution in [0, 0.1) is 0 Å². The number of benzene rings is 1. The van der Waals surface area contributed by atoms with Crippen LogP contribution in [0.3, 0.4) is 0 Å². The van der Waals surface area contributed by atoms with Gasteiger partial charge in [-0.25, -0.2) is 4.79 Å². The van der Waals surface area contributed by atoms with E-state index in [0.29, 0.717) is 18.0 Å². The third kappa shape index (κ3) is 3.92. The molecule has 0 saturated heterocycles. The number of amides is 1. The first-order chi connectivity index (χ1) is 10.1. The normalized spacial score (nSPS) is 10.3. The minimum atomic E-state index is -0.994. The smallest absolute Gasteiger partial charge is 0.345 e. The van der Waals surface area contributed by atoms with Gasteiger partial charge in [-0.2, -0.15) is 0 Å². The molecule has 0 radical (unpaired) electrons. The molecule has 4 nitrogen and oxygen atoms in total. The predicted octanol–water partition coefficient (Wildman–Crippen LogP) is 3.15. The molecular formula is C16H17NO3S. The number of likely N-dealkylation sites (N-methyl/N-ethyl adjacent to an activating group) is 1. The Morgan fingerprint density at radius 3 is 2.33 bits per heavy atom. The van der Waals surface area contributed by atoms with Gasteiger partial charge in [0.05, 0.1) is 4.88 Å². The molecule has 5 heteroatoms. The summed E-state index contributed by atoms with van der Waals surface area (Å²) in [6.07, 6.45) is 0.789. The Labute approximate surface area is 127 Å². The lowest BCUT2D eigenvalue weighted by molar-refractivity contribution is 0.0701. The van der Waals surface area contributed by atoms with E-state index in [2.05, 4.69) is 0 Å². The van der Waals surface area contributed by atoms with E-state index in [9.17, 15) is 9.59 Å². The molecule has 1 aromatic heterocycles. The minimum Gasteiger partial charge on any atom is -0.477 e. The number of hydrogen-bond donors (Lipinski definition) is 1. The van der Waals surface area contributed by atoms with Gasteiger partial charge < -0.3 is 10.0 Å². The van der Waals surface area contributed by atoms with E-state index in [4.69, 9.17) is 5.11 Å². The van der Waals surface area contributed by atoms with Gasteiger partial charge in [0, 0.05) is 13.1 Å². The fourth-order valence-corrected chi connectivity index (χ4v) is 2.85. The zero-order chi connectivity index (χ0) is 15.2. The minimum absolute atomic E-state index is 0.106. The Bertz CT molecular complexity index is 621. The highest BCUT2D eigenvalue weighted by Gasteiger charge is 2.18. The predicted molar refractivity (Wildman–Crippen MR) is 83.0 cm³/mol. The maximum absolute atomic E-state index is 12.4. The summed E-state index contributed by atoms with van der Waals surface area (Å²) in [5.41, 5.74) is 1.18. The van der Waals surface area contributed by atoms with E-state index >= 15 is 0 Å². The van der Waals surface area contributed by atoms with Crippen molar-refractivity contribution in [3.63, 3.8) is 0 Å². The first kappa shape index (κ1) is 15.3. The van der Waals surface area contributed by atoms with Crippen molar-refractivity contribution in [2.75, 3.05) is 13.1 Å². The third-order valence-electron chi connectivity index (χ3n) is 3.21. The summed E-state index contributed by atoms with van der Waals surface area (Å²) in [6.45, 7) is 3.15. The molecule has 1 N–H and O–H groups in total. The average Bonchev–Trinajstić information content (AvgIpc) is 2.99. The highest BCUT2D eigenvalue weighted by atomic mass is 32.1. The maximum Gasteiger partial charge on any atom is 0.345 e. The van der Waals surface area contributed by atoms with Crippen molar-refractivity contribution in [3.05, 3.63) is 57.8 Å². The van der Waals surface area contributed by atoms with Crippen LogP contribution >= 0.6 is 11.3 Å². The molecule has 0 unspecified atom stereocenters. The Morgan fingerprint density at radius 1 is 1.10 bits per heavy atom. The van der Waals surface area contributed by atoms with Crippen molar-refractivity contribution in [2.45, 2.75) is 13.3 Å². The SMILES string of the molecule is CCN(CCc1ccccc1)C(=O)c1ccc(C(=O)O)s1. The van der Waals surface area contributed by atoms with Crippen molar-refractivity contribution in [1.82, 2.24) is 4.90 Å². The van der Waals surface area contributed by atoms with Crippen molar-refractivity contribution in [3.8, 4) is 0 Å². The number of nitrogens with zero attached hydrogens (tertiary/aromatic N) is 1. The molecule has 0 aliphatic heterocycles. The van der Waals surface area contributed by atoms with Gasteiger partial charge in [-0.3, -0.25) is 4.79 Å². The van der Waals surface area contributed by atoms with Crippen molar-refractivity contribution < 1.29 is 14.7 Å². The number of hydrogen-bond acceptors (Lipinski definition) is 3. The van der Waals surface area contributed by atoms with Crippen LogP contribution in [-0.2, 0) is 6.42 Å². The second-order valence-electron chi connectivity index (χ2n) is 4.59. The summed E-state index contributed by atoms with van der Waals surface area (Å²) >= 11 is 1.02. The van der Waals surface area contributed by atoms with E-state index in [-0.39, 0.29) is 10.8 Å². The summed E-state index contributed by atoms with van der Waals surface area (Å²) in [7, 11) is 0. The molecule has 110 valence electrons. The van der Waals surface area contributed by atoms with Crippen LogP contribution in [0.5, 0.6) is 0 Å². The molecule has 0 atom stereocenters. The van der Waals surface area contributed by atoms with Crippen molar-refractivity contribution >= 4 is 23.2 Å².